The molecule has 0 radical (unpaired) electrons. The zero-order valence-electron chi connectivity index (χ0n) is 9.21. The quantitative estimate of drug-likeness (QED) is 0.754. The topological polar surface area (TPSA) is 32.3 Å². The Morgan fingerprint density at radius 3 is 3.00 bits per heavy atom. The van der Waals surface area contributed by atoms with Gasteiger partial charge in [-0.15, -0.1) is 0 Å². The molecule has 0 atom stereocenters. The van der Waals surface area contributed by atoms with E-state index in [1.807, 2.05) is 12.1 Å². The summed E-state index contributed by atoms with van der Waals surface area (Å²) in [6.07, 6.45) is 1.07. The van der Waals surface area contributed by atoms with E-state index >= 15 is 0 Å². The van der Waals surface area contributed by atoms with Gasteiger partial charge in [-0.1, -0.05) is 12.1 Å². The number of carbonyl (C=O) groups excluding carboxylic acids is 1. The van der Waals surface area contributed by atoms with Crippen molar-refractivity contribution >= 4 is 11.6 Å². The van der Waals surface area contributed by atoms with Gasteiger partial charge < -0.3 is 10.2 Å². The normalized spacial score (nSPS) is 15.9. The third kappa shape index (κ3) is 2.18. The summed E-state index contributed by atoms with van der Waals surface area (Å²) in [6.45, 7) is 3.56. The summed E-state index contributed by atoms with van der Waals surface area (Å²) in [7, 11) is 2.10. The fourth-order valence-electron chi connectivity index (χ4n) is 2.02. The van der Waals surface area contributed by atoms with E-state index in [9.17, 15) is 4.79 Å². The van der Waals surface area contributed by atoms with E-state index in [2.05, 4.69) is 23.3 Å². The zero-order chi connectivity index (χ0) is 10.8. The number of amides is 1. The summed E-state index contributed by atoms with van der Waals surface area (Å²) >= 11 is 0. The SMILES string of the molecule is CC(=O)Nc1cccc2c1CN(C)CC2. The minimum absolute atomic E-state index is 0.00312. The first-order chi connectivity index (χ1) is 7.16. The first-order valence-corrected chi connectivity index (χ1v) is 5.23. The summed E-state index contributed by atoms with van der Waals surface area (Å²) in [5.41, 5.74) is 3.59. The largest absolute Gasteiger partial charge is 0.326 e. The molecule has 0 unspecified atom stereocenters. The van der Waals surface area contributed by atoms with Gasteiger partial charge in [-0.3, -0.25) is 4.79 Å². The highest BCUT2D eigenvalue weighted by Gasteiger charge is 2.16. The first-order valence-electron chi connectivity index (χ1n) is 5.23. The molecule has 0 fully saturated rings. The van der Waals surface area contributed by atoms with Crippen LogP contribution in [0, 0.1) is 0 Å². The van der Waals surface area contributed by atoms with Crippen molar-refractivity contribution in [2.75, 3.05) is 18.9 Å². The van der Waals surface area contributed by atoms with E-state index in [0.29, 0.717) is 0 Å². The number of rotatable bonds is 1. The minimum Gasteiger partial charge on any atom is -0.326 e. The Hall–Kier alpha value is -1.35. The van der Waals surface area contributed by atoms with Crippen LogP contribution in [0.25, 0.3) is 0 Å². The Labute approximate surface area is 90.1 Å². The number of anilines is 1. The molecule has 1 aliphatic rings. The van der Waals surface area contributed by atoms with E-state index in [1.165, 1.54) is 11.1 Å². The lowest BCUT2D eigenvalue weighted by atomic mass is 9.98. The lowest BCUT2D eigenvalue weighted by Gasteiger charge is -2.26. The molecule has 0 saturated carbocycles. The number of likely N-dealkylation sites (N-methyl/N-ethyl adjacent to an activating group) is 1. The maximum absolute atomic E-state index is 11.1. The highest BCUT2D eigenvalue weighted by Crippen LogP contribution is 2.25. The number of nitrogens with zero attached hydrogens (tertiary/aromatic N) is 1. The number of carbonyl (C=O) groups is 1. The van der Waals surface area contributed by atoms with Crippen LogP contribution in [-0.4, -0.2) is 24.4 Å². The molecule has 0 bridgehead atoms. The van der Waals surface area contributed by atoms with Gasteiger partial charge in [0.2, 0.25) is 5.91 Å². The summed E-state index contributed by atoms with van der Waals surface area (Å²) in [5.74, 6) is -0.00312. The maximum Gasteiger partial charge on any atom is 0.221 e. The second-order valence-electron chi connectivity index (χ2n) is 4.11. The monoisotopic (exact) mass is 204 g/mol. The lowest BCUT2D eigenvalue weighted by molar-refractivity contribution is -0.114. The van der Waals surface area contributed by atoms with Gasteiger partial charge in [0, 0.05) is 25.7 Å². The van der Waals surface area contributed by atoms with Crippen molar-refractivity contribution in [3.05, 3.63) is 29.3 Å². The second-order valence-corrected chi connectivity index (χ2v) is 4.11. The van der Waals surface area contributed by atoms with E-state index in [1.54, 1.807) is 6.92 Å². The highest BCUT2D eigenvalue weighted by atomic mass is 16.1. The molecule has 80 valence electrons. The number of hydrogen-bond acceptors (Lipinski definition) is 2. The lowest BCUT2D eigenvalue weighted by Crippen LogP contribution is -2.27. The molecule has 3 heteroatoms. The highest BCUT2D eigenvalue weighted by molar-refractivity contribution is 5.89. The molecular weight excluding hydrogens is 188 g/mol. The van der Waals surface area contributed by atoms with Gasteiger partial charge in [0.05, 0.1) is 0 Å². The molecule has 1 amide bonds. The van der Waals surface area contributed by atoms with Crippen molar-refractivity contribution in [2.24, 2.45) is 0 Å². The van der Waals surface area contributed by atoms with Gasteiger partial charge in [-0.2, -0.15) is 0 Å². The molecule has 15 heavy (non-hydrogen) atoms. The molecule has 1 aromatic carbocycles. The van der Waals surface area contributed by atoms with Crippen molar-refractivity contribution < 1.29 is 4.79 Å². The van der Waals surface area contributed by atoms with E-state index < -0.39 is 0 Å². The van der Waals surface area contributed by atoms with Crippen molar-refractivity contribution in [3.63, 3.8) is 0 Å². The Morgan fingerprint density at radius 2 is 2.27 bits per heavy atom. The summed E-state index contributed by atoms with van der Waals surface area (Å²) < 4.78 is 0. The number of benzene rings is 1. The number of hydrogen-bond donors (Lipinski definition) is 1. The molecule has 1 N–H and O–H groups in total. The molecule has 1 aliphatic heterocycles. The molecule has 0 spiro atoms. The molecule has 1 heterocycles. The summed E-state index contributed by atoms with van der Waals surface area (Å²) in [5, 5.41) is 2.89. The smallest absolute Gasteiger partial charge is 0.221 e. The van der Waals surface area contributed by atoms with Crippen LogP contribution in [-0.2, 0) is 17.8 Å². The van der Waals surface area contributed by atoms with E-state index in [4.69, 9.17) is 0 Å². The number of fused-ring (bicyclic) bond motifs is 1. The van der Waals surface area contributed by atoms with Crippen molar-refractivity contribution in [2.45, 2.75) is 19.9 Å². The molecule has 0 saturated heterocycles. The van der Waals surface area contributed by atoms with Crippen LogP contribution >= 0.6 is 0 Å². The van der Waals surface area contributed by atoms with Gasteiger partial charge in [0.25, 0.3) is 0 Å². The average molecular weight is 204 g/mol. The van der Waals surface area contributed by atoms with Gasteiger partial charge in [0.1, 0.15) is 0 Å². The molecular formula is C12H16N2O. The van der Waals surface area contributed by atoms with Gasteiger partial charge in [-0.25, -0.2) is 0 Å². The summed E-state index contributed by atoms with van der Waals surface area (Å²) in [4.78, 5) is 13.3. The summed E-state index contributed by atoms with van der Waals surface area (Å²) in [6, 6.07) is 6.13. The average Bonchev–Trinajstić information content (AvgIpc) is 2.18. The van der Waals surface area contributed by atoms with Crippen molar-refractivity contribution in [1.82, 2.24) is 4.90 Å². The van der Waals surface area contributed by atoms with Crippen LogP contribution in [0.4, 0.5) is 5.69 Å². The first kappa shape index (κ1) is 10.2. The van der Waals surface area contributed by atoms with Crippen LogP contribution in [0.1, 0.15) is 18.1 Å². The van der Waals surface area contributed by atoms with E-state index in [0.717, 1.165) is 25.2 Å². The Bertz CT molecular complexity index is 387. The second kappa shape index (κ2) is 4.03. The van der Waals surface area contributed by atoms with Crippen LogP contribution in [0.3, 0.4) is 0 Å². The van der Waals surface area contributed by atoms with Crippen molar-refractivity contribution in [1.29, 1.82) is 0 Å². The Morgan fingerprint density at radius 1 is 1.47 bits per heavy atom. The number of nitrogens with one attached hydrogen (secondary N) is 1. The van der Waals surface area contributed by atoms with E-state index in [-0.39, 0.29) is 5.91 Å². The predicted octanol–water partition coefficient (Wildman–Crippen LogP) is 1.63. The van der Waals surface area contributed by atoms with Gasteiger partial charge >= 0.3 is 0 Å². The Kier molecular flexibility index (Phi) is 2.73. The predicted molar refractivity (Wildman–Crippen MR) is 60.8 cm³/mol. The molecule has 1 aromatic rings. The fourth-order valence-corrected chi connectivity index (χ4v) is 2.02. The molecule has 0 aromatic heterocycles. The zero-order valence-corrected chi connectivity index (χ0v) is 9.21. The fraction of sp³-hybridized carbons (Fsp3) is 0.417. The Balaban J connectivity index is 2.35. The van der Waals surface area contributed by atoms with Crippen LogP contribution < -0.4 is 5.32 Å². The van der Waals surface area contributed by atoms with Crippen LogP contribution in [0.15, 0.2) is 18.2 Å². The van der Waals surface area contributed by atoms with Crippen LogP contribution in [0.2, 0.25) is 0 Å². The van der Waals surface area contributed by atoms with Gasteiger partial charge in [0.15, 0.2) is 0 Å². The maximum atomic E-state index is 11.1. The van der Waals surface area contributed by atoms with Gasteiger partial charge in [-0.05, 0) is 30.7 Å². The molecule has 0 aliphatic carbocycles. The minimum atomic E-state index is -0.00312. The third-order valence-electron chi connectivity index (χ3n) is 2.77. The standard InChI is InChI=1S/C12H16N2O/c1-9(15)13-12-5-3-4-10-6-7-14(2)8-11(10)12/h3-5H,6-8H2,1-2H3,(H,13,15). The van der Waals surface area contributed by atoms with Crippen LogP contribution in [0.5, 0.6) is 0 Å². The third-order valence-corrected chi connectivity index (χ3v) is 2.77. The molecule has 2 rings (SSSR count). The van der Waals surface area contributed by atoms with Crippen molar-refractivity contribution in [3.8, 4) is 0 Å². The molecule has 3 nitrogen and oxygen atoms in total.